The predicted molar refractivity (Wildman–Crippen MR) is 101 cm³/mol. The fourth-order valence-electron chi connectivity index (χ4n) is 2.45. The first-order valence-corrected chi connectivity index (χ1v) is 8.82. The van der Waals surface area contributed by atoms with Gasteiger partial charge >= 0.3 is 0 Å². The second-order valence-electron chi connectivity index (χ2n) is 5.61. The van der Waals surface area contributed by atoms with Gasteiger partial charge in [0.05, 0.1) is 6.54 Å². The molecule has 122 valence electrons. The maximum Gasteiger partial charge on any atom is 0.242 e. The zero-order chi connectivity index (χ0) is 16.8. The lowest BCUT2D eigenvalue weighted by atomic mass is 10.1. The molecule has 24 heavy (non-hydrogen) atoms. The van der Waals surface area contributed by atoms with Crippen LogP contribution in [-0.2, 0) is 11.3 Å². The maximum absolute atomic E-state index is 12.2. The summed E-state index contributed by atoms with van der Waals surface area (Å²) in [5.41, 5.74) is 3.29. The summed E-state index contributed by atoms with van der Waals surface area (Å²) in [6, 6.07) is 22.1. The van der Waals surface area contributed by atoms with Crippen molar-refractivity contribution in [2.24, 2.45) is 0 Å². The molecule has 0 spiro atoms. The molecule has 2 N–H and O–H groups in total. The Labute approximate surface area is 146 Å². The van der Waals surface area contributed by atoms with Crippen molar-refractivity contribution in [1.29, 1.82) is 0 Å². The summed E-state index contributed by atoms with van der Waals surface area (Å²) in [6.45, 7) is 2.45. The monoisotopic (exact) mass is 336 g/mol. The van der Waals surface area contributed by atoms with E-state index in [1.165, 1.54) is 5.56 Å². The Morgan fingerprint density at radius 2 is 1.67 bits per heavy atom. The highest BCUT2D eigenvalue weighted by Crippen LogP contribution is 2.21. The van der Waals surface area contributed by atoms with Crippen LogP contribution in [0.25, 0.3) is 11.1 Å². The van der Waals surface area contributed by atoms with Crippen LogP contribution in [0.4, 0.5) is 5.69 Å². The van der Waals surface area contributed by atoms with Gasteiger partial charge in [-0.05, 0) is 41.6 Å². The number of benzene rings is 2. The van der Waals surface area contributed by atoms with E-state index in [-0.39, 0.29) is 11.9 Å². The molecule has 0 fully saturated rings. The van der Waals surface area contributed by atoms with Gasteiger partial charge < -0.3 is 10.6 Å². The first kappa shape index (κ1) is 16.3. The summed E-state index contributed by atoms with van der Waals surface area (Å²) in [4.78, 5) is 13.3. The first-order chi connectivity index (χ1) is 11.7. The average molecular weight is 336 g/mol. The molecule has 0 radical (unpaired) electrons. The van der Waals surface area contributed by atoms with Crippen molar-refractivity contribution in [3.63, 3.8) is 0 Å². The Balaban J connectivity index is 1.56. The number of amides is 1. The molecule has 3 rings (SSSR count). The lowest BCUT2D eigenvalue weighted by Crippen LogP contribution is -2.37. The second-order valence-corrected chi connectivity index (χ2v) is 6.64. The normalized spacial score (nSPS) is 11.7. The summed E-state index contributed by atoms with van der Waals surface area (Å²) < 4.78 is 0. The SMILES string of the molecule is CC(Nc1ccc(-c2ccccc2)cc1)C(=O)NCc1cccs1. The molecule has 1 unspecified atom stereocenters. The van der Waals surface area contributed by atoms with E-state index < -0.39 is 0 Å². The van der Waals surface area contributed by atoms with Crippen LogP contribution >= 0.6 is 11.3 Å². The fraction of sp³-hybridized carbons (Fsp3) is 0.150. The van der Waals surface area contributed by atoms with E-state index in [2.05, 4.69) is 34.9 Å². The van der Waals surface area contributed by atoms with Crippen molar-refractivity contribution in [3.8, 4) is 11.1 Å². The third kappa shape index (κ3) is 4.24. The predicted octanol–water partition coefficient (Wildman–Crippen LogP) is 4.53. The standard InChI is InChI=1S/C20H20N2OS/c1-15(20(23)21-14-19-8-5-13-24-19)22-18-11-9-17(10-12-18)16-6-3-2-4-7-16/h2-13,15,22H,14H2,1H3,(H,21,23). The molecule has 0 aliphatic heterocycles. The van der Waals surface area contributed by atoms with E-state index in [0.717, 1.165) is 16.1 Å². The smallest absolute Gasteiger partial charge is 0.242 e. The largest absolute Gasteiger partial charge is 0.374 e. The number of thiophene rings is 1. The molecule has 2 aromatic carbocycles. The van der Waals surface area contributed by atoms with E-state index in [1.54, 1.807) is 11.3 Å². The average Bonchev–Trinajstić information content (AvgIpc) is 3.14. The van der Waals surface area contributed by atoms with Crippen LogP contribution in [-0.4, -0.2) is 11.9 Å². The minimum Gasteiger partial charge on any atom is -0.374 e. The summed E-state index contributed by atoms with van der Waals surface area (Å²) >= 11 is 1.64. The maximum atomic E-state index is 12.2. The van der Waals surface area contributed by atoms with Crippen molar-refractivity contribution < 1.29 is 4.79 Å². The highest BCUT2D eigenvalue weighted by molar-refractivity contribution is 7.09. The molecule has 1 heterocycles. The van der Waals surface area contributed by atoms with E-state index in [0.29, 0.717) is 6.54 Å². The van der Waals surface area contributed by atoms with Crippen molar-refractivity contribution in [2.75, 3.05) is 5.32 Å². The van der Waals surface area contributed by atoms with Gasteiger partial charge in [0.1, 0.15) is 6.04 Å². The first-order valence-electron chi connectivity index (χ1n) is 7.94. The number of carbonyl (C=O) groups is 1. The lowest BCUT2D eigenvalue weighted by molar-refractivity contribution is -0.121. The van der Waals surface area contributed by atoms with Gasteiger partial charge in [-0.1, -0.05) is 48.5 Å². The van der Waals surface area contributed by atoms with Crippen LogP contribution in [0, 0.1) is 0 Å². The van der Waals surface area contributed by atoms with Gasteiger partial charge in [0.25, 0.3) is 0 Å². The summed E-state index contributed by atoms with van der Waals surface area (Å²) in [5.74, 6) is -0.00413. The van der Waals surface area contributed by atoms with Crippen molar-refractivity contribution >= 4 is 22.9 Å². The van der Waals surface area contributed by atoms with E-state index in [9.17, 15) is 4.79 Å². The molecular weight excluding hydrogens is 316 g/mol. The van der Waals surface area contributed by atoms with E-state index >= 15 is 0 Å². The molecule has 0 saturated heterocycles. The van der Waals surface area contributed by atoms with Gasteiger partial charge in [0.15, 0.2) is 0 Å². The van der Waals surface area contributed by atoms with Crippen LogP contribution in [0.3, 0.4) is 0 Å². The molecule has 4 heteroatoms. The van der Waals surface area contributed by atoms with Gasteiger partial charge in [-0.25, -0.2) is 0 Å². The van der Waals surface area contributed by atoms with Crippen LogP contribution in [0.5, 0.6) is 0 Å². The van der Waals surface area contributed by atoms with Crippen molar-refractivity contribution in [3.05, 3.63) is 77.0 Å². The van der Waals surface area contributed by atoms with Gasteiger partial charge in [0.2, 0.25) is 5.91 Å². The molecule has 1 atom stereocenters. The number of rotatable bonds is 6. The molecule has 0 saturated carbocycles. The Morgan fingerprint density at radius 3 is 2.33 bits per heavy atom. The molecule has 0 aliphatic rings. The zero-order valence-electron chi connectivity index (χ0n) is 13.5. The number of anilines is 1. The van der Waals surface area contributed by atoms with E-state index in [4.69, 9.17) is 0 Å². The highest BCUT2D eigenvalue weighted by atomic mass is 32.1. The number of nitrogens with one attached hydrogen (secondary N) is 2. The number of carbonyl (C=O) groups excluding carboxylic acids is 1. The second kappa shape index (κ2) is 7.79. The van der Waals surface area contributed by atoms with Crippen LogP contribution in [0.15, 0.2) is 72.1 Å². The molecular formula is C20H20N2OS. The van der Waals surface area contributed by atoms with Crippen molar-refractivity contribution in [1.82, 2.24) is 5.32 Å². The van der Waals surface area contributed by atoms with Gasteiger partial charge in [0, 0.05) is 10.6 Å². The molecule has 3 aromatic rings. The van der Waals surface area contributed by atoms with Crippen LogP contribution in [0.1, 0.15) is 11.8 Å². The molecule has 3 nitrogen and oxygen atoms in total. The number of hydrogen-bond acceptors (Lipinski definition) is 3. The summed E-state index contributed by atoms with van der Waals surface area (Å²) in [5, 5.41) is 8.20. The third-order valence-corrected chi connectivity index (χ3v) is 4.66. The minimum atomic E-state index is -0.285. The zero-order valence-corrected chi connectivity index (χ0v) is 14.3. The molecule has 0 aliphatic carbocycles. The lowest BCUT2D eigenvalue weighted by Gasteiger charge is -2.15. The molecule has 1 aromatic heterocycles. The minimum absolute atomic E-state index is 0.00413. The molecule has 1 amide bonds. The quantitative estimate of drug-likeness (QED) is 0.694. The Kier molecular flexibility index (Phi) is 5.29. The highest BCUT2D eigenvalue weighted by Gasteiger charge is 2.12. The van der Waals surface area contributed by atoms with Crippen molar-refractivity contribution in [2.45, 2.75) is 19.5 Å². The van der Waals surface area contributed by atoms with Gasteiger partial charge in [-0.15, -0.1) is 11.3 Å². The third-order valence-electron chi connectivity index (χ3n) is 3.79. The summed E-state index contributed by atoms with van der Waals surface area (Å²) in [6.07, 6.45) is 0. The van der Waals surface area contributed by atoms with Gasteiger partial charge in [-0.3, -0.25) is 4.79 Å². The van der Waals surface area contributed by atoms with Gasteiger partial charge in [-0.2, -0.15) is 0 Å². The number of hydrogen-bond donors (Lipinski definition) is 2. The Morgan fingerprint density at radius 1 is 0.958 bits per heavy atom. The van der Waals surface area contributed by atoms with E-state index in [1.807, 2.05) is 54.8 Å². The Bertz CT molecular complexity index is 767. The summed E-state index contributed by atoms with van der Waals surface area (Å²) in [7, 11) is 0. The fourth-order valence-corrected chi connectivity index (χ4v) is 3.09. The topological polar surface area (TPSA) is 41.1 Å². The van der Waals surface area contributed by atoms with Crippen LogP contribution < -0.4 is 10.6 Å². The Hall–Kier alpha value is -2.59. The molecule has 0 bridgehead atoms. The van der Waals surface area contributed by atoms with Crippen LogP contribution in [0.2, 0.25) is 0 Å².